The minimum atomic E-state index is -0.271. The molecule has 0 spiro atoms. The Hall–Kier alpha value is -1.35. The number of benzene rings is 1. The van der Waals surface area contributed by atoms with E-state index in [1.165, 1.54) is 23.8 Å². The summed E-state index contributed by atoms with van der Waals surface area (Å²) < 4.78 is 4.92. The lowest BCUT2D eigenvalue weighted by atomic mass is 9.68. The zero-order valence-electron chi connectivity index (χ0n) is 12.1. The van der Waals surface area contributed by atoms with E-state index in [2.05, 4.69) is 37.4 Å². The molecule has 1 N–H and O–H groups in total. The molecule has 1 aromatic carbocycles. The maximum Gasteiger partial charge on any atom is 0.313 e. The minimum Gasteiger partial charge on any atom is -0.469 e. The molecular formula is C16H23NO2. The highest BCUT2D eigenvalue weighted by molar-refractivity contribution is 5.78. The van der Waals surface area contributed by atoms with Gasteiger partial charge in [-0.15, -0.1) is 0 Å². The first-order chi connectivity index (χ1) is 9.07. The Morgan fingerprint density at radius 2 is 2.11 bits per heavy atom. The van der Waals surface area contributed by atoms with Crippen LogP contribution >= 0.6 is 0 Å². The Kier molecular flexibility index (Phi) is 4.25. The maximum atomic E-state index is 11.8. The lowest BCUT2D eigenvalue weighted by molar-refractivity contribution is -0.158. The van der Waals surface area contributed by atoms with Crippen molar-refractivity contribution in [2.45, 2.75) is 39.7 Å². The number of hydrogen-bond donors (Lipinski definition) is 1. The van der Waals surface area contributed by atoms with Crippen LogP contribution in [0.3, 0.4) is 0 Å². The molecule has 0 bridgehead atoms. The summed E-state index contributed by atoms with van der Waals surface area (Å²) in [5.74, 6) is -0.0628. The van der Waals surface area contributed by atoms with E-state index in [-0.39, 0.29) is 11.4 Å². The predicted octanol–water partition coefficient (Wildman–Crippen LogP) is 2.74. The second kappa shape index (κ2) is 5.74. The predicted molar refractivity (Wildman–Crippen MR) is 75.9 cm³/mol. The third-order valence-corrected chi connectivity index (χ3v) is 4.21. The Labute approximate surface area is 115 Å². The van der Waals surface area contributed by atoms with Crippen LogP contribution in [0.1, 0.15) is 36.0 Å². The number of ether oxygens (including phenoxy) is 1. The van der Waals surface area contributed by atoms with Crippen LogP contribution in [0.15, 0.2) is 18.2 Å². The third kappa shape index (κ3) is 2.98. The SMILES string of the molecule is COC(=O)C1(CNCc2cc(C)ccc2C)CCC1. The molecule has 0 saturated heterocycles. The number of rotatable bonds is 5. The highest BCUT2D eigenvalue weighted by Gasteiger charge is 2.44. The summed E-state index contributed by atoms with van der Waals surface area (Å²) >= 11 is 0. The number of hydrogen-bond acceptors (Lipinski definition) is 3. The Morgan fingerprint density at radius 3 is 2.68 bits per heavy atom. The van der Waals surface area contributed by atoms with Gasteiger partial charge in [0.15, 0.2) is 0 Å². The summed E-state index contributed by atoms with van der Waals surface area (Å²) in [6.45, 7) is 5.75. The summed E-state index contributed by atoms with van der Waals surface area (Å²) in [6, 6.07) is 6.47. The van der Waals surface area contributed by atoms with Crippen LogP contribution in [0.2, 0.25) is 0 Å². The monoisotopic (exact) mass is 261 g/mol. The van der Waals surface area contributed by atoms with Gasteiger partial charge >= 0.3 is 5.97 Å². The molecule has 1 aromatic rings. The van der Waals surface area contributed by atoms with Crippen molar-refractivity contribution in [1.82, 2.24) is 5.32 Å². The molecule has 0 amide bonds. The third-order valence-electron chi connectivity index (χ3n) is 4.21. The molecule has 1 fully saturated rings. The van der Waals surface area contributed by atoms with E-state index in [4.69, 9.17) is 4.74 Å². The quantitative estimate of drug-likeness (QED) is 0.828. The Morgan fingerprint density at radius 1 is 1.37 bits per heavy atom. The van der Waals surface area contributed by atoms with Crippen molar-refractivity contribution in [2.75, 3.05) is 13.7 Å². The van der Waals surface area contributed by atoms with Crippen LogP contribution in [0, 0.1) is 19.3 Å². The molecule has 1 aliphatic carbocycles. The lowest BCUT2D eigenvalue weighted by Crippen LogP contribution is -2.46. The van der Waals surface area contributed by atoms with E-state index in [1.54, 1.807) is 0 Å². The number of methoxy groups -OCH3 is 1. The highest BCUT2D eigenvalue weighted by Crippen LogP contribution is 2.41. The lowest BCUT2D eigenvalue weighted by Gasteiger charge is -2.39. The molecule has 104 valence electrons. The second-order valence-corrected chi connectivity index (χ2v) is 5.66. The van der Waals surface area contributed by atoms with Crippen molar-refractivity contribution in [1.29, 1.82) is 0 Å². The van der Waals surface area contributed by atoms with Gasteiger partial charge in [-0.1, -0.05) is 30.2 Å². The standard InChI is InChI=1S/C16H23NO2/c1-12-5-6-13(2)14(9-12)10-17-11-16(7-4-8-16)15(18)19-3/h5-6,9,17H,4,7-8,10-11H2,1-3H3. The van der Waals surface area contributed by atoms with Crippen LogP contribution < -0.4 is 5.32 Å². The molecular weight excluding hydrogens is 238 g/mol. The molecule has 0 aliphatic heterocycles. The van der Waals surface area contributed by atoms with Crippen molar-refractivity contribution >= 4 is 5.97 Å². The summed E-state index contributed by atoms with van der Waals surface area (Å²) in [5.41, 5.74) is 3.60. The number of carbonyl (C=O) groups excluding carboxylic acids is 1. The molecule has 19 heavy (non-hydrogen) atoms. The van der Waals surface area contributed by atoms with Crippen molar-refractivity contribution in [3.63, 3.8) is 0 Å². The minimum absolute atomic E-state index is 0.0628. The number of nitrogens with one attached hydrogen (secondary N) is 1. The first kappa shape index (κ1) is 14.1. The molecule has 3 nitrogen and oxygen atoms in total. The summed E-state index contributed by atoms with van der Waals surface area (Å²) in [5, 5.41) is 3.43. The van der Waals surface area contributed by atoms with E-state index >= 15 is 0 Å². The first-order valence-corrected chi connectivity index (χ1v) is 6.93. The van der Waals surface area contributed by atoms with Crippen molar-refractivity contribution in [3.05, 3.63) is 34.9 Å². The van der Waals surface area contributed by atoms with Gasteiger partial charge in [0.1, 0.15) is 0 Å². The summed E-state index contributed by atoms with van der Waals surface area (Å²) in [7, 11) is 1.48. The van der Waals surface area contributed by atoms with Gasteiger partial charge in [-0.2, -0.15) is 0 Å². The molecule has 0 atom stereocenters. The number of esters is 1. The largest absolute Gasteiger partial charge is 0.469 e. The van der Waals surface area contributed by atoms with Gasteiger partial charge in [-0.25, -0.2) is 0 Å². The van der Waals surface area contributed by atoms with Crippen LogP contribution in [0.5, 0.6) is 0 Å². The first-order valence-electron chi connectivity index (χ1n) is 6.93. The van der Waals surface area contributed by atoms with Gasteiger partial charge in [0.05, 0.1) is 12.5 Å². The zero-order chi connectivity index (χ0) is 13.9. The van der Waals surface area contributed by atoms with Crippen LogP contribution in [0.4, 0.5) is 0 Å². The molecule has 1 aliphatic rings. The number of aryl methyl sites for hydroxylation is 2. The second-order valence-electron chi connectivity index (χ2n) is 5.66. The van der Waals surface area contributed by atoms with Gasteiger partial charge in [0, 0.05) is 13.1 Å². The average Bonchev–Trinajstić information content (AvgIpc) is 2.35. The smallest absolute Gasteiger partial charge is 0.313 e. The normalized spacial score (nSPS) is 16.8. The highest BCUT2D eigenvalue weighted by atomic mass is 16.5. The molecule has 0 unspecified atom stereocenters. The van der Waals surface area contributed by atoms with Gasteiger partial charge < -0.3 is 10.1 Å². The fourth-order valence-electron chi connectivity index (χ4n) is 2.70. The topological polar surface area (TPSA) is 38.3 Å². The van der Waals surface area contributed by atoms with Crippen LogP contribution in [-0.2, 0) is 16.1 Å². The molecule has 0 heterocycles. The van der Waals surface area contributed by atoms with Gasteiger partial charge in [-0.05, 0) is 37.8 Å². The summed E-state index contributed by atoms with van der Waals surface area (Å²) in [4.78, 5) is 11.8. The number of carbonyl (C=O) groups is 1. The fraction of sp³-hybridized carbons (Fsp3) is 0.562. The van der Waals surface area contributed by atoms with E-state index < -0.39 is 0 Å². The van der Waals surface area contributed by atoms with Crippen molar-refractivity contribution in [3.8, 4) is 0 Å². The van der Waals surface area contributed by atoms with Crippen molar-refractivity contribution < 1.29 is 9.53 Å². The van der Waals surface area contributed by atoms with Gasteiger partial charge in [0.2, 0.25) is 0 Å². The Balaban J connectivity index is 1.92. The summed E-state index contributed by atoms with van der Waals surface area (Å²) in [6.07, 6.45) is 3.01. The fourth-order valence-corrected chi connectivity index (χ4v) is 2.70. The Bertz CT molecular complexity index is 464. The van der Waals surface area contributed by atoms with Gasteiger partial charge in [-0.3, -0.25) is 4.79 Å². The molecule has 0 radical (unpaired) electrons. The molecule has 0 aromatic heterocycles. The average molecular weight is 261 g/mol. The van der Waals surface area contributed by atoms with E-state index in [9.17, 15) is 4.79 Å². The molecule has 2 rings (SSSR count). The molecule has 3 heteroatoms. The van der Waals surface area contributed by atoms with Crippen LogP contribution in [-0.4, -0.2) is 19.6 Å². The van der Waals surface area contributed by atoms with Gasteiger partial charge in [0.25, 0.3) is 0 Å². The van der Waals surface area contributed by atoms with Crippen LogP contribution in [0.25, 0.3) is 0 Å². The van der Waals surface area contributed by atoms with E-state index in [0.29, 0.717) is 6.54 Å². The zero-order valence-corrected chi connectivity index (χ0v) is 12.1. The van der Waals surface area contributed by atoms with Crippen molar-refractivity contribution in [2.24, 2.45) is 5.41 Å². The maximum absolute atomic E-state index is 11.8. The van der Waals surface area contributed by atoms with E-state index in [0.717, 1.165) is 25.8 Å². The molecule has 1 saturated carbocycles. The van der Waals surface area contributed by atoms with E-state index in [1.807, 2.05) is 0 Å².